The van der Waals surface area contributed by atoms with E-state index in [9.17, 15) is 5.11 Å². The van der Waals surface area contributed by atoms with Crippen molar-refractivity contribution in [3.05, 3.63) is 35.9 Å². The number of benzene rings is 1. The lowest BCUT2D eigenvalue weighted by Gasteiger charge is -2.34. The number of hydrogen-bond donors (Lipinski definition) is 2. The average Bonchev–Trinajstić information content (AvgIpc) is 2.48. The fraction of sp³-hybridized carbons (Fsp3) is 0.647. The van der Waals surface area contributed by atoms with Gasteiger partial charge in [0.15, 0.2) is 0 Å². The number of aliphatic hydroxyl groups excluding tert-OH is 1. The molecule has 1 aromatic carbocycles. The molecule has 112 valence electrons. The number of nitrogens with one attached hydrogen (secondary N) is 1. The van der Waals surface area contributed by atoms with E-state index in [4.69, 9.17) is 4.74 Å². The number of rotatable bonds is 6. The molecule has 0 saturated carbocycles. The highest BCUT2D eigenvalue weighted by Crippen LogP contribution is 2.20. The molecule has 3 nitrogen and oxygen atoms in total. The summed E-state index contributed by atoms with van der Waals surface area (Å²) in [5.41, 5.74) is 1.27. The van der Waals surface area contributed by atoms with Crippen molar-refractivity contribution in [3.63, 3.8) is 0 Å². The molecule has 2 N–H and O–H groups in total. The van der Waals surface area contributed by atoms with Gasteiger partial charge in [0.05, 0.1) is 12.7 Å². The molecule has 0 aromatic heterocycles. The van der Waals surface area contributed by atoms with Gasteiger partial charge in [0, 0.05) is 18.7 Å². The fourth-order valence-electron chi connectivity index (χ4n) is 2.85. The van der Waals surface area contributed by atoms with E-state index in [1.165, 1.54) is 5.56 Å². The predicted octanol–water partition coefficient (Wildman–Crippen LogP) is 2.38. The molecule has 1 heterocycles. The second-order valence-electron chi connectivity index (χ2n) is 6.11. The monoisotopic (exact) mass is 277 g/mol. The molecule has 3 atom stereocenters. The van der Waals surface area contributed by atoms with Gasteiger partial charge in [-0.25, -0.2) is 0 Å². The minimum Gasteiger partial charge on any atom is -0.395 e. The first kappa shape index (κ1) is 15.5. The lowest BCUT2D eigenvalue weighted by atomic mass is 9.94. The van der Waals surface area contributed by atoms with Crippen LogP contribution in [0, 0.1) is 5.92 Å². The van der Waals surface area contributed by atoms with Gasteiger partial charge in [-0.05, 0) is 30.7 Å². The molecule has 20 heavy (non-hydrogen) atoms. The molecule has 0 bridgehead atoms. The SMILES string of the molecule is CC(C)C1CC(N[C@H](CO)Cc2ccccc2)CCO1. The summed E-state index contributed by atoms with van der Waals surface area (Å²) in [7, 11) is 0. The molecule has 1 fully saturated rings. The lowest BCUT2D eigenvalue weighted by Crippen LogP contribution is -2.47. The molecule has 0 spiro atoms. The molecule has 3 heteroatoms. The van der Waals surface area contributed by atoms with Crippen molar-refractivity contribution in [1.82, 2.24) is 5.32 Å². The average molecular weight is 277 g/mol. The first-order chi connectivity index (χ1) is 9.69. The summed E-state index contributed by atoms with van der Waals surface area (Å²) in [4.78, 5) is 0. The topological polar surface area (TPSA) is 41.5 Å². The van der Waals surface area contributed by atoms with Gasteiger partial charge < -0.3 is 15.2 Å². The summed E-state index contributed by atoms with van der Waals surface area (Å²) < 4.78 is 5.80. The van der Waals surface area contributed by atoms with Crippen LogP contribution >= 0.6 is 0 Å². The maximum atomic E-state index is 9.60. The highest BCUT2D eigenvalue weighted by molar-refractivity contribution is 5.16. The molecule has 2 rings (SSSR count). The van der Waals surface area contributed by atoms with Gasteiger partial charge in [-0.1, -0.05) is 44.2 Å². The van der Waals surface area contributed by atoms with Crippen molar-refractivity contribution in [1.29, 1.82) is 0 Å². The summed E-state index contributed by atoms with van der Waals surface area (Å²) in [6, 6.07) is 10.9. The third-order valence-electron chi connectivity index (χ3n) is 4.08. The third-order valence-corrected chi connectivity index (χ3v) is 4.08. The Morgan fingerprint density at radius 2 is 2.05 bits per heavy atom. The van der Waals surface area contributed by atoms with Crippen molar-refractivity contribution < 1.29 is 9.84 Å². The second kappa shape index (κ2) is 7.77. The quantitative estimate of drug-likeness (QED) is 0.839. The molecule has 0 amide bonds. The van der Waals surface area contributed by atoms with Crippen molar-refractivity contribution in [2.24, 2.45) is 5.92 Å². The number of ether oxygens (including phenoxy) is 1. The van der Waals surface area contributed by atoms with Gasteiger partial charge >= 0.3 is 0 Å². The zero-order chi connectivity index (χ0) is 14.4. The second-order valence-corrected chi connectivity index (χ2v) is 6.11. The zero-order valence-electron chi connectivity index (χ0n) is 12.6. The van der Waals surface area contributed by atoms with E-state index in [1.807, 2.05) is 18.2 Å². The van der Waals surface area contributed by atoms with Crippen molar-refractivity contribution in [2.75, 3.05) is 13.2 Å². The van der Waals surface area contributed by atoms with Gasteiger partial charge in [-0.2, -0.15) is 0 Å². The molecule has 0 aliphatic carbocycles. The molecule has 2 unspecified atom stereocenters. The smallest absolute Gasteiger partial charge is 0.0612 e. The van der Waals surface area contributed by atoms with Crippen LogP contribution in [0.15, 0.2) is 30.3 Å². The fourth-order valence-corrected chi connectivity index (χ4v) is 2.85. The van der Waals surface area contributed by atoms with Crippen LogP contribution in [0.5, 0.6) is 0 Å². The minimum absolute atomic E-state index is 0.133. The summed E-state index contributed by atoms with van der Waals surface area (Å²) in [6.07, 6.45) is 3.30. The van der Waals surface area contributed by atoms with E-state index in [2.05, 4.69) is 31.3 Å². The van der Waals surface area contributed by atoms with Crippen LogP contribution in [0.1, 0.15) is 32.3 Å². The van der Waals surface area contributed by atoms with E-state index < -0.39 is 0 Å². The summed E-state index contributed by atoms with van der Waals surface area (Å²) in [6.45, 7) is 5.42. The Balaban J connectivity index is 1.86. The van der Waals surface area contributed by atoms with Crippen LogP contribution in [0.2, 0.25) is 0 Å². The molecule has 1 aliphatic heterocycles. The highest BCUT2D eigenvalue weighted by atomic mass is 16.5. The van der Waals surface area contributed by atoms with Crippen LogP contribution in [0.25, 0.3) is 0 Å². The summed E-state index contributed by atoms with van der Waals surface area (Å²) >= 11 is 0. The van der Waals surface area contributed by atoms with E-state index in [0.29, 0.717) is 18.1 Å². The largest absolute Gasteiger partial charge is 0.395 e. The Kier molecular flexibility index (Phi) is 6.02. The maximum absolute atomic E-state index is 9.60. The molecule has 1 aliphatic rings. The number of hydrogen-bond acceptors (Lipinski definition) is 3. The molecular formula is C17H27NO2. The Morgan fingerprint density at radius 1 is 1.30 bits per heavy atom. The van der Waals surface area contributed by atoms with E-state index in [-0.39, 0.29) is 12.6 Å². The van der Waals surface area contributed by atoms with E-state index in [1.54, 1.807) is 0 Å². The standard InChI is InChI=1S/C17H27NO2/c1-13(2)17-11-15(8-9-20-17)18-16(12-19)10-14-6-4-3-5-7-14/h3-7,13,15-19H,8-12H2,1-2H3/t15?,16-,17?/m0/s1. The minimum atomic E-state index is 0.133. The zero-order valence-corrected chi connectivity index (χ0v) is 12.6. The number of aliphatic hydroxyl groups is 1. The van der Waals surface area contributed by atoms with E-state index in [0.717, 1.165) is 25.9 Å². The van der Waals surface area contributed by atoms with Crippen LogP contribution in [0.4, 0.5) is 0 Å². The summed E-state index contributed by atoms with van der Waals surface area (Å²) in [5, 5.41) is 13.2. The summed E-state index contributed by atoms with van der Waals surface area (Å²) in [5.74, 6) is 0.557. The molecule has 1 saturated heterocycles. The maximum Gasteiger partial charge on any atom is 0.0612 e. The highest BCUT2D eigenvalue weighted by Gasteiger charge is 2.26. The lowest BCUT2D eigenvalue weighted by molar-refractivity contribution is -0.0268. The predicted molar refractivity (Wildman–Crippen MR) is 81.8 cm³/mol. The first-order valence-electron chi connectivity index (χ1n) is 7.71. The first-order valence-corrected chi connectivity index (χ1v) is 7.71. The van der Waals surface area contributed by atoms with Gasteiger partial charge in [-0.15, -0.1) is 0 Å². The molecule has 1 aromatic rings. The molecule has 0 radical (unpaired) electrons. The Hall–Kier alpha value is -0.900. The van der Waals surface area contributed by atoms with Gasteiger partial charge in [0.25, 0.3) is 0 Å². The van der Waals surface area contributed by atoms with Crippen molar-refractivity contribution in [2.45, 2.75) is 51.3 Å². The van der Waals surface area contributed by atoms with Crippen molar-refractivity contribution in [3.8, 4) is 0 Å². The van der Waals surface area contributed by atoms with Crippen molar-refractivity contribution >= 4 is 0 Å². The van der Waals surface area contributed by atoms with Crippen LogP contribution in [0.3, 0.4) is 0 Å². The van der Waals surface area contributed by atoms with Gasteiger partial charge in [0.2, 0.25) is 0 Å². The van der Waals surface area contributed by atoms with E-state index >= 15 is 0 Å². The molecular weight excluding hydrogens is 250 g/mol. The van der Waals surface area contributed by atoms with Crippen LogP contribution < -0.4 is 5.32 Å². The van der Waals surface area contributed by atoms with Crippen LogP contribution in [-0.4, -0.2) is 36.5 Å². The Morgan fingerprint density at radius 3 is 2.70 bits per heavy atom. The van der Waals surface area contributed by atoms with Gasteiger partial charge in [-0.3, -0.25) is 0 Å². The van der Waals surface area contributed by atoms with Crippen LogP contribution in [-0.2, 0) is 11.2 Å². The van der Waals surface area contributed by atoms with Gasteiger partial charge in [0.1, 0.15) is 0 Å². The third kappa shape index (κ3) is 4.58. The Labute approximate surface area is 122 Å². The Bertz CT molecular complexity index is 380. The normalized spacial score (nSPS) is 24.8.